The second-order valence-corrected chi connectivity index (χ2v) is 5.37. The fraction of sp³-hybridized carbons (Fsp3) is 0.647. The molecule has 0 saturated heterocycles. The zero-order valence-corrected chi connectivity index (χ0v) is 13.1. The van der Waals surface area contributed by atoms with Crippen LogP contribution in [0.2, 0.25) is 0 Å². The molecule has 1 aromatic carbocycles. The summed E-state index contributed by atoms with van der Waals surface area (Å²) in [7, 11) is 0. The molecule has 0 radical (unpaired) electrons. The molecule has 1 N–H and O–H groups in total. The minimum atomic E-state index is 0.652. The normalized spacial score (nSPS) is 12.4. The Morgan fingerprint density at radius 2 is 1.79 bits per heavy atom. The molecule has 0 fully saturated rings. The molecular weight excluding hydrogens is 232 g/mol. The highest BCUT2D eigenvalue weighted by molar-refractivity contribution is 5.47. The molecule has 1 aromatic rings. The number of rotatable bonds is 9. The maximum absolute atomic E-state index is 3.47. The highest BCUT2D eigenvalue weighted by atomic mass is 15.1. The Kier molecular flexibility index (Phi) is 7.57. The van der Waals surface area contributed by atoms with Crippen LogP contribution in [0.3, 0.4) is 0 Å². The molecule has 0 heterocycles. The van der Waals surface area contributed by atoms with Crippen LogP contribution in [0.25, 0.3) is 0 Å². The summed E-state index contributed by atoms with van der Waals surface area (Å²) in [5.74, 6) is 0. The van der Waals surface area contributed by atoms with Crippen LogP contribution in [0, 0.1) is 6.92 Å². The number of hydrogen-bond acceptors (Lipinski definition) is 2. The Morgan fingerprint density at radius 3 is 2.37 bits per heavy atom. The van der Waals surface area contributed by atoms with Crippen molar-refractivity contribution in [1.29, 1.82) is 0 Å². The number of nitrogens with one attached hydrogen (secondary N) is 1. The van der Waals surface area contributed by atoms with Crippen molar-refractivity contribution in [3.8, 4) is 0 Å². The predicted molar refractivity (Wildman–Crippen MR) is 86.1 cm³/mol. The van der Waals surface area contributed by atoms with Gasteiger partial charge in [0.05, 0.1) is 0 Å². The second kappa shape index (κ2) is 8.98. The van der Waals surface area contributed by atoms with Gasteiger partial charge in [-0.25, -0.2) is 0 Å². The Labute approximate surface area is 119 Å². The van der Waals surface area contributed by atoms with Gasteiger partial charge in [-0.2, -0.15) is 0 Å². The lowest BCUT2D eigenvalue weighted by Gasteiger charge is -2.23. The van der Waals surface area contributed by atoms with Crippen molar-refractivity contribution < 1.29 is 0 Å². The van der Waals surface area contributed by atoms with E-state index in [1.807, 2.05) is 0 Å². The summed E-state index contributed by atoms with van der Waals surface area (Å²) >= 11 is 0. The van der Waals surface area contributed by atoms with E-state index in [-0.39, 0.29) is 0 Å². The zero-order chi connectivity index (χ0) is 14.1. The van der Waals surface area contributed by atoms with Crippen LogP contribution in [0.5, 0.6) is 0 Å². The molecule has 0 aliphatic carbocycles. The third kappa shape index (κ3) is 6.11. The van der Waals surface area contributed by atoms with Crippen molar-refractivity contribution in [3.05, 3.63) is 29.8 Å². The van der Waals surface area contributed by atoms with Gasteiger partial charge < -0.3 is 10.2 Å². The third-order valence-electron chi connectivity index (χ3n) is 3.65. The number of benzene rings is 1. The molecule has 2 heteroatoms. The van der Waals surface area contributed by atoms with Gasteiger partial charge in [-0.1, -0.05) is 31.0 Å². The molecule has 1 atom stereocenters. The van der Waals surface area contributed by atoms with E-state index in [0.29, 0.717) is 6.04 Å². The lowest BCUT2D eigenvalue weighted by atomic mass is 10.1. The van der Waals surface area contributed by atoms with Gasteiger partial charge in [-0.05, 0) is 52.3 Å². The van der Waals surface area contributed by atoms with Gasteiger partial charge in [0.15, 0.2) is 0 Å². The summed E-state index contributed by atoms with van der Waals surface area (Å²) in [6, 6.07) is 9.52. The van der Waals surface area contributed by atoms with Crippen molar-refractivity contribution in [3.63, 3.8) is 0 Å². The Balaban J connectivity index is 2.31. The highest BCUT2D eigenvalue weighted by Crippen LogP contribution is 2.15. The summed E-state index contributed by atoms with van der Waals surface area (Å²) in [6.07, 6.45) is 3.85. The van der Waals surface area contributed by atoms with Crippen LogP contribution >= 0.6 is 0 Å². The van der Waals surface area contributed by atoms with Crippen LogP contribution in [0.1, 0.15) is 45.6 Å². The van der Waals surface area contributed by atoms with Crippen molar-refractivity contribution in [1.82, 2.24) is 5.32 Å². The minimum absolute atomic E-state index is 0.652. The van der Waals surface area contributed by atoms with E-state index in [1.165, 1.54) is 37.1 Å². The number of anilines is 1. The summed E-state index contributed by atoms with van der Waals surface area (Å²) in [4.78, 5) is 2.47. The molecule has 0 aliphatic heterocycles. The van der Waals surface area contributed by atoms with Gasteiger partial charge >= 0.3 is 0 Å². The van der Waals surface area contributed by atoms with Gasteiger partial charge in [-0.3, -0.25) is 0 Å². The van der Waals surface area contributed by atoms with E-state index in [0.717, 1.165) is 13.1 Å². The number of hydrogen-bond donors (Lipinski definition) is 1. The Morgan fingerprint density at radius 1 is 1.11 bits per heavy atom. The average molecular weight is 262 g/mol. The first-order valence-corrected chi connectivity index (χ1v) is 7.72. The van der Waals surface area contributed by atoms with E-state index >= 15 is 0 Å². The van der Waals surface area contributed by atoms with E-state index < -0.39 is 0 Å². The topological polar surface area (TPSA) is 15.3 Å². The van der Waals surface area contributed by atoms with Gasteiger partial charge in [0, 0.05) is 24.8 Å². The number of aryl methyl sites for hydroxylation is 1. The van der Waals surface area contributed by atoms with E-state index in [4.69, 9.17) is 0 Å². The molecule has 0 bridgehead atoms. The molecule has 108 valence electrons. The first-order chi connectivity index (χ1) is 9.17. The van der Waals surface area contributed by atoms with Gasteiger partial charge in [-0.15, -0.1) is 0 Å². The maximum Gasteiger partial charge on any atom is 0.0366 e. The third-order valence-corrected chi connectivity index (χ3v) is 3.65. The van der Waals surface area contributed by atoms with Crippen LogP contribution < -0.4 is 10.2 Å². The molecule has 0 saturated carbocycles. The van der Waals surface area contributed by atoms with Gasteiger partial charge in [0.1, 0.15) is 0 Å². The van der Waals surface area contributed by atoms with Gasteiger partial charge in [0.2, 0.25) is 0 Å². The lowest BCUT2D eigenvalue weighted by molar-refractivity contribution is 0.501. The average Bonchev–Trinajstić information content (AvgIpc) is 2.41. The monoisotopic (exact) mass is 262 g/mol. The van der Waals surface area contributed by atoms with Gasteiger partial charge in [0.25, 0.3) is 0 Å². The Hall–Kier alpha value is -1.02. The van der Waals surface area contributed by atoms with Crippen LogP contribution in [0.4, 0.5) is 5.69 Å². The quantitative estimate of drug-likeness (QED) is 0.677. The number of unbranched alkanes of at least 4 members (excludes halogenated alkanes) is 1. The van der Waals surface area contributed by atoms with E-state index in [1.54, 1.807) is 0 Å². The molecule has 0 amide bonds. The molecule has 19 heavy (non-hydrogen) atoms. The summed E-state index contributed by atoms with van der Waals surface area (Å²) < 4.78 is 0. The predicted octanol–water partition coefficient (Wildman–Crippen LogP) is 3.99. The van der Waals surface area contributed by atoms with Crippen LogP contribution in [0.15, 0.2) is 24.3 Å². The fourth-order valence-electron chi connectivity index (χ4n) is 2.43. The molecule has 1 rings (SSSR count). The van der Waals surface area contributed by atoms with Crippen molar-refractivity contribution in [2.24, 2.45) is 0 Å². The lowest BCUT2D eigenvalue weighted by Crippen LogP contribution is -2.27. The standard InChI is InChI=1S/C17H30N2/c1-5-18-16(4)9-7-8-14-19(6-2)17-12-10-15(3)11-13-17/h10-13,16,18H,5-9,14H2,1-4H3. The summed E-state index contributed by atoms with van der Waals surface area (Å²) in [5, 5.41) is 3.47. The van der Waals surface area contributed by atoms with Crippen molar-refractivity contribution in [2.75, 3.05) is 24.5 Å². The smallest absolute Gasteiger partial charge is 0.0366 e. The molecule has 2 nitrogen and oxygen atoms in total. The van der Waals surface area contributed by atoms with Crippen molar-refractivity contribution >= 4 is 5.69 Å². The highest BCUT2D eigenvalue weighted by Gasteiger charge is 2.04. The molecular formula is C17H30N2. The summed E-state index contributed by atoms with van der Waals surface area (Å²) in [5.41, 5.74) is 2.69. The van der Waals surface area contributed by atoms with Crippen LogP contribution in [-0.4, -0.2) is 25.7 Å². The van der Waals surface area contributed by atoms with E-state index in [9.17, 15) is 0 Å². The van der Waals surface area contributed by atoms with Crippen LogP contribution in [-0.2, 0) is 0 Å². The molecule has 0 spiro atoms. The molecule has 1 unspecified atom stereocenters. The second-order valence-electron chi connectivity index (χ2n) is 5.37. The molecule has 0 aliphatic rings. The van der Waals surface area contributed by atoms with E-state index in [2.05, 4.69) is 62.2 Å². The zero-order valence-electron chi connectivity index (χ0n) is 13.1. The first kappa shape index (κ1) is 16.0. The summed E-state index contributed by atoms with van der Waals surface area (Å²) in [6.45, 7) is 12.2. The number of nitrogens with zero attached hydrogens (tertiary/aromatic N) is 1. The first-order valence-electron chi connectivity index (χ1n) is 7.72. The minimum Gasteiger partial charge on any atom is -0.372 e. The SMILES string of the molecule is CCNC(C)CCCCN(CC)c1ccc(C)cc1. The fourth-order valence-corrected chi connectivity index (χ4v) is 2.43. The molecule has 0 aromatic heterocycles. The largest absolute Gasteiger partial charge is 0.372 e. The maximum atomic E-state index is 3.47. The Bertz CT molecular complexity index is 332. The van der Waals surface area contributed by atoms with Crippen molar-refractivity contribution in [2.45, 2.75) is 53.0 Å².